The summed E-state index contributed by atoms with van der Waals surface area (Å²) in [6.07, 6.45) is 5.67. The van der Waals surface area contributed by atoms with Crippen LogP contribution in [0.2, 0.25) is 0 Å². The SMILES string of the molecule is c1cc(-c2cccc(-c3cccc4c3sc3ccccc34)c2)cc(-c2cnc3c4ccccc4c4ccccc4c3n2)c1.c1ccc(-c2ccc(N(c3ccccc3)c3ccc(C4(c5ccccc5)c5ccccc5-c5ccccc54)cc3)cc2)cc1.c1ccc(-c2ccnc3c2ccc2c(-c4ccccc4)ccnc23)cc1. The first-order valence-corrected chi connectivity index (χ1v) is 39.2. The minimum Gasteiger partial charge on any atom is -0.311 e. The maximum absolute atomic E-state index is 5.22. The molecule has 0 saturated carbocycles. The van der Waals surface area contributed by atoms with Gasteiger partial charge in [-0.3, -0.25) is 15.0 Å². The zero-order valence-electron chi connectivity index (χ0n) is 61.6. The van der Waals surface area contributed by atoms with Gasteiger partial charge in [-0.15, -0.1) is 11.3 Å². The molecule has 0 unspecified atom stereocenters. The van der Waals surface area contributed by atoms with Crippen molar-refractivity contribution in [3.8, 4) is 78.0 Å². The second-order valence-corrected chi connectivity index (χ2v) is 29.7. The molecule has 0 spiro atoms. The Hall–Kier alpha value is -14.6. The van der Waals surface area contributed by atoms with Gasteiger partial charge in [0.15, 0.2) is 0 Å². The molecule has 0 atom stereocenters. The number of nitrogens with zero attached hydrogens (tertiary/aromatic N) is 5. The van der Waals surface area contributed by atoms with Crippen LogP contribution in [-0.4, -0.2) is 19.9 Å². The van der Waals surface area contributed by atoms with Gasteiger partial charge in [-0.25, -0.2) is 4.98 Å². The van der Waals surface area contributed by atoms with Crippen molar-refractivity contribution in [2.24, 2.45) is 0 Å². The summed E-state index contributed by atoms with van der Waals surface area (Å²) < 4.78 is 2.66. The topological polar surface area (TPSA) is 54.8 Å². The van der Waals surface area contributed by atoms with E-state index in [1.807, 2.05) is 42.1 Å². The number of benzene rings is 17. The molecule has 17 aromatic carbocycles. The molecule has 21 aromatic rings. The molecular formula is C107H71N5S. The molecule has 22 rings (SSSR count). The molecule has 5 nitrogen and oxygen atoms in total. The smallest absolute Gasteiger partial charge is 0.0979 e. The van der Waals surface area contributed by atoms with Gasteiger partial charge in [-0.2, -0.15) is 0 Å². The number of hydrogen-bond acceptors (Lipinski definition) is 6. The summed E-state index contributed by atoms with van der Waals surface area (Å²) in [7, 11) is 0. The summed E-state index contributed by atoms with van der Waals surface area (Å²) in [5, 5.41) is 9.58. The zero-order valence-corrected chi connectivity index (χ0v) is 62.5. The molecule has 530 valence electrons. The maximum Gasteiger partial charge on any atom is 0.0979 e. The number of pyridine rings is 2. The van der Waals surface area contributed by atoms with Crippen molar-refractivity contribution in [2.75, 3.05) is 4.90 Å². The molecule has 4 heterocycles. The fourth-order valence-corrected chi connectivity index (χ4v) is 18.3. The number of aromatic nitrogens is 4. The summed E-state index contributed by atoms with van der Waals surface area (Å²) in [5.41, 5.74) is 28.5. The van der Waals surface area contributed by atoms with Crippen molar-refractivity contribution in [1.82, 2.24) is 19.9 Å². The van der Waals surface area contributed by atoms with E-state index in [-0.39, 0.29) is 0 Å². The molecule has 4 aromatic heterocycles. The number of thiophene rings is 1. The normalized spacial score (nSPS) is 12.0. The highest BCUT2D eigenvalue weighted by atomic mass is 32.1. The second kappa shape index (κ2) is 29.4. The van der Waals surface area contributed by atoms with Gasteiger partial charge in [0, 0.05) is 76.7 Å². The van der Waals surface area contributed by atoms with Crippen LogP contribution in [0.15, 0.2) is 431 Å². The van der Waals surface area contributed by atoms with Crippen molar-refractivity contribution in [2.45, 2.75) is 5.41 Å². The fraction of sp³-hybridized carbons (Fsp3) is 0.00935. The first-order valence-electron chi connectivity index (χ1n) is 38.4. The van der Waals surface area contributed by atoms with Crippen molar-refractivity contribution in [3.63, 3.8) is 0 Å². The summed E-state index contributed by atoms with van der Waals surface area (Å²) in [6.45, 7) is 0. The predicted molar refractivity (Wildman–Crippen MR) is 476 cm³/mol. The molecule has 1 aliphatic rings. The monoisotopic (exact) mass is 1460 g/mol. The highest BCUT2D eigenvalue weighted by Gasteiger charge is 2.46. The Labute approximate surface area is 660 Å². The van der Waals surface area contributed by atoms with Crippen LogP contribution in [-0.2, 0) is 5.41 Å². The number of para-hydroxylation sites is 1. The van der Waals surface area contributed by atoms with Gasteiger partial charge in [-0.1, -0.05) is 346 Å². The third-order valence-corrected chi connectivity index (χ3v) is 23.5. The highest BCUT2D eigenvalue weighted by Crippen LogP contribution is 2.56. The molecular weight excluding hydrogens is 1390 g/mol. The molecule has 6 heteroatoms. The van der Waals surface area contributed by atoms with E-state index in [0.29, 0.717) is 0 Å². The quantitative estimate of drug-likeness (QED) is 0.121. The third kappa shape index (κ3) is 12.3. The lowest BCUT2D eigenvalue weighted by atomic mass is 9.68. The Morgan fingerprint density at radius 3 is 1.22 bits per heavy atom. The lowest BCUT2D eigenvalue weighted by Crippen LogP contribution is -2.28. The molecule has 1 aliphatic carbocycles. The highest BCUT2D eigenvalue weighted by molar-refractivity contribution is 7.26. The average Bonchev–Trinajstić information content (AvgIpc) is 1.55. The molecule has 0 aliphatic heterocycles. The van der Waals surface area contributed by atoms with Crippen LogP contribution >= 0.6 is 11.3 Å². The van der Waals surface area contributed by atoms with E-state index < -0.39 is 5.41 Å². The van der Waals surface area contributed by atoms with Crippen LogP contribution in [0.3, 0.4) is 0 Å². The van der Waals surface area contributed by atoms with Crippen LogP contribution in [0.1, 0.15) is 22.3 Å². The zero-order chi connectivity index (χ0) is 75.0. The number of hydrogen-bond donors (Lipinski definition) is 0. The molecule has 0 amide bonds. The lowest BCUT2D eigenvalue weighted by molar-refractivity contribution is 0.768. The number of anilines is 3. The van der Waals surface area contributed by atoms with Gasteiger partial charge in [0.1, 0.15) is 0 Å². The van der Waals surface area contributed by atoms with Crippen LogP contribution < -0.4 is 4.90 Å². The van der Waals surface area contributed by atoms with Gasteiger partial charge in [0.25, 0.3) is 0 Å². The Morgan fingerprint density at radius 2 is 0.628 bits per heavy atom. The lowest BCUT2D eigenvalue weighted by Gasteiger charge is -2.34. The van der Waals surface area contributed by atoms with E-state index in [2.05, 4.69) is 415 Å². The van der Waals surface area contributed by atoms with Crippen LogP contribution in [0.25, 0.3) is 153 Å². The minimum absolute atomic E-state index is 0.401. The summed E-state index contributed by atoms with van der Waals surface area (Å²) in [5.74, 6) is 0. The molecule has 0 fully saturated rings. The Kier molecular flexibility index (Phi) is 17.7. The molecule has 0 bridgehead atoms. The fourth-order valence-electron chi connectivity index (χ4n) is 17.1. The Bertz CT molecular complexity index is 6910. The second-order valence-electron chi connectivity index (χ2n) is 28.6. The van der Waals surface area contributed by atoms with Crippen molar-refractivity contribution >= 4 is 103 Å². The van der Waals surface area contributed by atoms with Crippen LogP contribution in [0, 0.1) is 0 Å². The van der Waals surface area contributed by atoms with Crippen molar-refractivity contribution in [1.29, 1.82) is 0 Å². The van der Waals surface area contributed by atoms with E-state index in [9.17, 15) is 0 Å². The Balaban J connectivity index is 0.000000114. The first-order chi connectivity index (χ1) is 56.1. The predicted octanol–water partition coefficient (Wildman–Crippen LogP) is 28.6. The third-order valence-electron chi connectivity index (χ3n) is 22.3. The maximum atomic E-state index is 5.22. The molecule has 113 heavy (non-hydrogen) atoms. The van der Waals surface area contributed by atoms with Gasteiger partial charge in [0.2, 0.25) is 0 Å². The minimum atomic E-state index is -0.401. The van der Waals surface area contributed by atoms with E-state index in [1.54, 1.807) is 0 Å². The number of rotatable bonds is 11. The Morgan fingerprint density at radius 1 is 0.230 bits per heavy atom. The largest absolute Gasteiger partial charge is 0.311 e. The van der Waals surface area contributed by atoms with Crippen molar-refractivity contribution < 1.29 is 0 Å². The molecule has 0 N–H and O–H groups in total. The summed E-state index contributed by atoms with van der Waals surface area (Å²) in [4.78, 5) is 21.9. The summed E-state index contributed by atoms with van der Waals surface area (Å²) >= 11 is 1.87. The number of fused-ring (bicyclic) bond motifs is 15. The van der Waals surface area contributed by atoms with Gasteiger partial charge in [-0.05, 0) is 167 Å². The van der Waals surface area contributed by atoms with Gasteiger partial charge >= 0.3 is 0 Å². The molecule has 0 saturated heterocycles. The molecule has 0 radical (unpaired) electrons. The summed E-state index contributed by atoms with van der Waals surface area (Å²) in [6, 6.07) is 147. The van der Waals surface area contributed by atoms with Crippen LogP contribution in [0.5, 0.6) is 0 Å². The average molecular weight is 1460 g/mol. The van der Waals surface area contributed by atoms with Gasteiger partial charge < -0.3 is 4.90 Å². The van der Waals surface area contributed by atoms with E-state index in [4.69, 9.17) is 9.97 Å². The first kappa shape index (κ1) is 67.8. The standard InChI is InChI=1S/C43H31N.C40H24N2S.C24H16N2/c1-4-14-32(15-5-1)33-24-28-37(29-25-33)44(36-18-8-3-9-19-36)38-30-26-35(27-31-38)43(34-16-6-2-7-17-34)41-22-12-10-20-39(41)40-21-11-13-23-42(40)43;1-3-17-33-30(14-1)31-15-2-4-18-34(31)39-38(33)41-24-36(42-39)28-13-8-11-26(23-28)25-10-7-12-27(22-25)29-19-9-20-35-32-16-5-6-21-37(32)43-40(29)35;1-3-7-17(8-4-1)19-13-15-25-23-21(19)11-12-22-20(14-16-26-24(22)23)18-9-5-2-6-10-18/h1-31H;1-24H;1-16H. The van der Waals surface area contributed by atoms with E-state index in [1.165, 1.54) is 114 Å². The van der Waals surface area contributed by atoms with E-state index >= 15 is 0 Å². The van der Waals surface area contributed by atoms with E-state index in [0.717, 1.165) is 77.5 Å². The van der Waals surface area contributed by atoms with Crippen LogP contribution in [0.4, 0.5) is 17.1 Å². The van der Waals surface area contributed by atoms with Crippen molar-refractivity contribution in [3.05, 3.63) is 453 Å². The van der Waals surface area contributed by atoms with Gasteiger partial charge in [0.05, 0.1) is 39.4 Å².